The van der Waals surface area contributed by atoms with Gasteiger partial charge in [-0.25, -0.2) is 4.85 Å². The largest absolute Gasteiger partial charge is 0.501 e. The molecule has 0 unspecified atom stereocenters. The van der Waals surface area contributed by atoms with Crippen molar-refractivity contribution in [3.63, 3.8) is 0 Å². The summed E-state index contributed by atoms with van der Waals surface area (Å²) in [5, 5.41) is 4.76. The van der Waals surface area contributed by atoms with Crippen LogP contribution in [-0.4, -0.2) is 15.9 Å². The van der Waals surface area contributed by atoms with Crippen LogP contribution >= 0.6 is 34.2 Å². The number of halogens is 2. The first-order chi connectivity index (χ1) is 9.61. The van der Waals surface area contributed by atoms with Gasteiger partial charge < -0.3 is 4.74 Å². The lowest BCUT2D eigenvalue weighted by molar-refractivity contribution is 0.305. The Hall–Kier alpha value is -1.26. The van der Waals surface area contributed by atoms with Gasteiger partial charge in [0.05, 0.1) is 28.1 Å². The number of aromatic nitrogens is 2. The molecule has 1 aromatic carbocycles. The molecule has 2 aromatic rings. The average molecular weight is 400 g/mol. The summed E-state index contributed by atoms with van der Waals surface area (Å²) >= 11 is 8.52. The summed E-state index contributed by atoms with van der Waals surface area (Å²) in [5.41, 5.74) is 2.01. The molecule has 4 nitrogen and oxygen atoms in total. The zero-order valence-electron chi connectivity index (χ0n) is 10.7. The van der Waals surface area contributed by atoms with Crippen molar-refractivity contribution in [3.8, 4) is 17.0 Å². The first-order valence-electron chi connectivity index (χ1n) is 6.16. The van der Waals surface area contributed by atoms with Crippen LogP contribution in [0.2, 0.25) is 5.02 Å². The number of nitrogens with zero attached hydrogens (tertiary/aromatic N) is 3. The Labute approximate surface area is 135 Å². The summed E-state index contributed by atoms with van der Waals surface area (Å²) in [6.45, 7) is 7.48. The van der Waals surface area contributed by atoms with E-state index in [9.17, 15) is 0 Å². The Kier molecular flexibility index (Phi) is 3.61. The van der Waals surface area contributed by atoms with Gasteiger partial charge >= 0.3 is 0 Å². The van der Waals surface area contributed by atoms with Crippen LogP contribution in [0.3, 0.4) is 0 Å². The Morgan fingerprint density at radius 2 is 2.25 bits per heavy atom. The lowest BCUT2D eigenvalue weighted by Gasteiger charge is -2.13. The summed E-state index contributed by atoms with van der Waals surface area (Å²) in [4.78, 5) is 3.65. The van der Waals surface area contributed by atoms with Gasteiger partial charge in [-0.2, -0.15) is 5.10 Å². The van der Waals surface area contributed by atoms with Gasteiger partial charge in [0.15, 0.2) is 0 Å². The van der Waals surface area contributed by atoms with Gasteiger partial charge in [-0.1, -0.05) is 11.6 Å². The molecule has 0 spiro atoms. The van der Waals surface area contributed by atoms with E-state index in [1.807, 2.05) is 7.05 Å². The van der Waals surface area contributed by atoms with Crippen LogP contribution in [0.15, 0.2) is 18.3 Å². The molecule has 1 fully saturated rings. The summed E-state index contributed by atoms with van der Waals surface area (Å²) in [7, 11) is 1.84. The standard InChI is InChI=1S/C14H11ClIN3O/c1-17-13-11(20-8-3-4-8)6-5-9(15)12(13)14-10(16)7-18-19(14)2/h5-8H,3-4H2,2H3. The van der Waals surface area contributed by atoms with Crippen molar-refractivity contribution in [2.24, 2.45) is 7.05 Å². The monoisotopic (exact) mass is 399 g/mol. The van der Waals surface area contributed by atoms with Gasteiger partial charge in [0.1, 0.15) is 5.75 Å². The predicted molar refractivity (Wildman–Crippen MR) is 86.3 cm³/mol. The Morgan fingerprint density at radius 1 is 1.50 bits per heavy atom. The minimum atomic E-state index is 0.245. The molecule has 0 saturated heterocycles. The van der Waals surface area contributed by atoms with Crippen molar-refractivity contribution in [1.29, 1.82) is 0 Å². The summed E-state index contributed by atoms with van der Waals surface area (Å²) in [5.74, 6) is 0.610. The summed E-state index contributed by atoms with van der Waals surface area (Å²) in [6, 6.07) is 3.56. The molecule has 102 valence electrons. The average Bonchev–Trinajstić information content (AvgIpc) is 3.18. The molecule has 0 amide bonds. The normalized spacial score (nSPS) is 14.1. The lowest BCUT2D eigenvalue weighted by atomic mass is 10.1. The Morgan fingerprint density at radius 3 is 2.80 bits per heavy atom. The van der Waals surface area contributed by atoms with Crippen molar-refractivity contribution in [2.45, 2.75) is 18.9 Å². The minimum Gasteiger partial charge on any atom is -0.501 e. The van der Waals surface area contributed by atoms with E-state index < -0.39 is 0 Å². The van der Waals surface area contributed by atoms with Gasteiger partial charge in [0.2, 0.25) is 5.69 Å². The molecular formula is C14H11ClIN3O. The van der Waals surface area contributed by atoms with Crippen molar-refractivity contribution in [2.75, 3.05) is 0 Å². The zero-order valence-corrected chi connectivity index (χ0v) is 13.6. The molecule has 1 heterocycles. The molecule has 0 N–H and O–H groups in total. The summed E-state index contributed by atoms with van der Waals surface area (Å²) < 4.78 is 8.51. The van der Waals surface area contributed by atoms with Crippen molar-refractivity contribution in [3.05, 3.63) is 38.3 Å². The highest BCUT2D eigenvalue weighted by Crippen LogP contribution is 2.45. The smallest absolute Gasteiger partial charge is 0.238 e. The van der Waals surface area contributed by atoms with Crippen LogP contribution in [-0.2, 0) is 7.05 Å². The minimum absolute atomic E-state index is 0.245. The van der Waals surface area contributed by atoms with Crippen LogP contribution in [0.25, 0.3) is 16.1 Å². The van der Waals surface area contributed by atoms with Crippen LogP contribution in [0.1, 0.15) is 12.8 Å². The van der Waals surface area contributed by atoms with Crippen molar-refractivity contribution in [1.82, 2.24) is 9.78 Å². The third-order valence-corrected chi connectivity index (χ3v) is 4.26. The first kappa shape index (κ1) is 13.7. The zero-order chi connectivity index (χ0) is 14.3. The highest BCUT2D eigenvalue weighted by atomic mass is 127. The second-order valence-corrected chi connectivity index (χ2v) is 6.23. The van der Waals surface area contributed by atoms with Gasteiger partial charge in [-0.05, 0) is 47.6 Å². The number of benzene rings is 1. The second-order valence-electron chi connectivity index (χ2n) is 4.66. The van der Waals surface area contributed by atoms with Crippen LogP contribution < -0.4 is 4.74 Å². The number of hydrogen-bond acceptors (Lipinski definition) is 2. The van der Waals surface area contributed by atoms with E-state index in [1.165, 1.54) is 0 Å². The van der Waals surface area contributed by atoms with Gasteiger partial charge in [-0.3, -0.25) is 4.68 Å². The third-order valence-electron chi connectivity index (χ3n) is 3.15. The number of rotatable bonds is 3. The molecule has 1 saturated carbocycles. The molecule has 0 aliphatic heterocycles. The first-order valence-corrected chi connectivity index (χ1v) is 7.62. The number of hydrogen-bond donors (Lipinski definition) is 0. The van der Waals surface area contributed by atoms with E-state index >= 15 is 0 Å². The van der Waals surface area contributed by atoms with Gasteiger partial charge in [-0.15, -0.1) is 0 Å². The van der Waals surface area contributed by atoms with Gasteiger partial charge in [0, 0.05) is 17.6 Å². The molecule has 20 heavy (non-hydrogen) atoms. The van der Waals surface area contributed by atoms with Crippen LogP contribution in [0.5, 0.6) is 5.75 Å². The maximum absolute atomic E-state index is 7.48. The van der Waals surface area contributed by atoms with E-state index in [-0.39, 0.29) is 6.10 Å². The highest BCUT2D eigenvalue weighted by molar-refractivity contribution is 14.1. The van der Waals surface area contributed by atoms with Gasteiger partial charge in [0.25, 0.3) is 0 Å². The number of aryl methyl sites for hydroxylation is 1. The van der Waals surface area contributed by atoms with E-state index in [2.05, 4.69) is 32.5 Å². The molecular weight excluding hydrogens is 389 g/mol. The third kappa shape index (κ3) is 2.38. The lowest BCUT2D eigenvalue weighted by Crippen LogP contribution is -1.99. The van der Waals surface area contributed by atoms with Crippen molar-refractivity contribution >= 4 is 39.9 Å². The van der Waals surface area contributed by atoms with E-state index in [1.54, 1.807) is 23.0 Å². The highest BCUT2D eigenvalue weighted by Gasteiger charge is 2.27. The van der Waals surface area contributed by atoms with Crippen molar-refractivity contribution < 1.29 is 4.74 Å². The fourth-order valence-electron chi connectivity index (χ4n) is 2.04. The van der Waals surface area contributed by atoms with E-state index in [0.717, 1.165) is 22.1 Å². The van der Waals surface area contributed by atoms with Crippen LogP contribution in [0.4, 0.5) is 5.69 Å². The molecule has 1 aliphatic carbocycles. The van der Waals surface area contributed by atoms with Crippen LogP contribution in [0, 0.1) is 10.1 Å². The summed E-state index contributed by atoms with van der Waals surface area (Å²) in [6.07, 6.45) is 4.11. The van der Waals surface area contributed by atoms with E-state index in [0.29, 0.717) is 22.0 Å². The Bertz CT molecular complexity index is 696. The maximum atomic E-state index is 7.48. The SMILES string of the molecule is [C-]#[N+]c1c(OC2CC2)ccc(Cl)c1-c1c(I)cnn1C. The molecule has 0 bridgehead atoms. The fourth-order valence-corrected chi connectivity index (χ4v) is 3.02. The predicted octanol–water partition coefficient (Wildman–Crippen LogP) is 4.44. The Balaban J connectivity index is 2.20. The molecule has 0 radical (unpaired) electrons. The number of ether oxygens (including phenoxy) is 1. The molecule has 1 aliphatic rings. The maximum Gasteiger partial charge on any atom is 0.238 e. The molecule has 0 atom stereocenters. The molecule has 1 aromatic heterocycles. The van der Waals surface area contributed by atoms with E-state index in [4.69, 9.17) is 22.9 Å². The molecule has 6 heteroatoms. The fraction of sp³-hybridized carbons (Fsp3) is 0.286. The topological polar surface area (TPSA) is 31.4 Å². The second kappa shape index (κ2) is 5.26. The quantitative estimate of drug-likeness (QED) is 0.564. The molecule has 3 rings (SSSR count).